The average Bonchev–Trinajstić information content (AvgIpc) is 2.72. The summed E-state index contributed by atoms with van der Waals surface area (Å²) in [5.41, 5.74) is 8.32. The quantitative estimate of drug-likeness (QED) is 0.408. The Morgan fingerprint density at radius 2 is 1.84 bits per heavy atom. The zero-order chi connectivity index (χ0) is 23.8. The normalized spacial score (nSPS) is 12.4. The summed E-state index contributed by atoms with van der Waals surface area (Å²) >= 11 is 0. The zero-order valence-corrected chi connectivity index (χ0v) is 17.0. The molecule has 1 aromatic heterocycles. The molecule has 0 saturated heterocycles. The van der Waals surface area contributed by atoms with Crippen molar-refractivity contribution in [2.45, 2.75) is 19.0 Å². The highest BCUT2D eigenvalue weighted by Crippen LogP contribution is 2.36. The Hall–Kier alpha value is -3.89. The zero-order valence-electron chi connectivity index (χ0n) is 17.0. The number of alkyl halides is 3. The second-order valence-electron chi connectivity index (χ2n) is 7.03. The molecule has 0 unspecified atom stereocenters. The van der Waals surface area contributed by atoms with E-state index in [1.807, 2.05) is 0 Å². The molecular weight excluding hydrogens is 430 g/mol. The maximum Gasteiger partial charge on any atom is 0.416 e. The lowest BCUT2D eigenvalue weighted by Crippen LogP contribution is -2.32. The van der Waals surface area contributed by atoms with E-state index in [9.17, 15) is 27.2 Å². The lowest BCUT2D eigenvalue weighted by Gasteiger charge is -2.21. The smallest absolute Gasteiger partial charge is 0.399 e. The number of halogens is 4. The van der Waals surface area contributed by atoms with Gasteiger partial charge in [-0.2, -0.15) is 23.0 Å². The topological polar surface area (TPSA) is 116 Å². The molecule has 32 heavy (non-hydrogen) atoms. The summed E-state index contributed by atoms with van der Waals surface area (Å²) < 4.78 is 54.9. The summed E-state index contributed by atoms with van der Waals surface area (Å²) in [5.74, 6) is -2.80. The molecule has 3 aromatic rings. The molecule has 168 valence electrons. The third kappa shape index (κ3) is 4.13. The number of nitrogens with one attached hydrogen (secondary N) is 1. The van der Waals surface area contributed by atoms with Gasteiger partial charge in [-0.3, -0.25) is 9.59 Å². The van der Waals surface area contributed by atoms with Gasteiger partial charge in [0, 0.05) is 18.7 Å². The SMILES string of the molecule is CNc1c(C(N)=O)nn(-c2ccccc2F)c(=O)c1[C@H](C)c1cc(N)cc(C(F)(F)F)c1. The van der Waals surface area contributed by atoms with Crippen molar-refractivity contribution >= 4 is 17.3 Å². The third-order valence-corrected chi connectivity index (χ3v) is 4.93. The number of nitrogen functional groups attached to an aromatic ring is 1. The fraction of sp³-hybridized carbons (Fsp3) is 0.190. The van der Waals surface area contributed by atoms with Crippen LogP contribution in [0.1, 0.15) is 40.0 Å². The first-order valence-corrected chi connectivity index (χ1v) is 9.33. The van der Waals surface area contributed by atoms with Gasteiger partial charge in [0.25, 0.3) is 11.5 Å². The second-order valence-corrected chi connectivity index (χ2v) is 7.03. The summed E-state index contributed by atoms with van der Waals surface area (Å²) in [5, 5.41) is 6.57. The summed E-state index contributed by atoms with van der Waals surface area (Å²) in [6.07, 6.45) is -4.67. The Bertz CT molecular complexity index is 1250. The van der Waals surface area contributed by atoms with Crippen molar-refractivity contribution in [2.24, 2.45) is 5.73 Å². The number of hydrogen-bond acceptors (Lipinski definition) is 5. The van der Waals surface area contributed by atoms with E-state index in [4.69, 9.17) is 11.5 Å². The number of rotatable bonds is 5. The number of carbonyl (C=O) groups is 1. The summed E-state index contributed by atoms with van der Waals surface area (Å²) in [7, 11) is 1.40. The molecule has 0 fully saturated rings. The summed E-state index contributed by atoms with van der Waals surface area (Å²) in [4.78, 5) is 25.4. The van der Waals surface area contributed by atoms with Crippen LogP contribution in [0.5, 0.6) is 0 Å². The Kier molecular flexibility index (Phi) is 5.93. The number of benzene rings is 2. The van der Waals surface area contributed by atoms with Gasteiger partial charge in [-0.05, 0) is 35.9 Å². The molecule has 0 aliphatic rings. The van der Waals surface area contributed by atoms with Gasteiger partial charge in [0.15, 0.2) is 5.69 Å². The van der Waals surface area contributed by atoms with Crippen LogP contribution in [0.2, 0.25) is 0 Å². The van der Waals surface area contributed by atoms with Gasteiger partial charge in [0.2, 0.25) is 0 Å². The predicted molar refractivity (Wildman–Crippen MR) is 111 cm³/mol. The molecule has 1 atom stereocenters. The molecule has 2 aromatic carbocycles. The fourth-order valence-electron chi connectivity index (χ4n) is 3.41. The highest BCUT2D eigenvalue weighted by Gasteiger charge is 2.33. The maximum absolute atomic E-state index is 14.4. The first kappa shape index (κ1) is 22.8. The number of amides is 1. The molecule has 0 saturated carbocycles. The third-order valence-electron chi connectivity index (χ3n) is 4.93. The van der Waals surface area contributed by atoms with Crippen LogP contribution in [-0.4, -0.2) is 22.7 Å². The Balaban J connectivity index is 2.35. The Morgan fingerprint density at radius 1 is 1.19 bits per heavy atom. The number of nitrogens with two attached hydrogens (primary N) is 2. The Labute approximate surface area is 179 Å². The van der Waals surface area contributed by atoms with Gasteiger partial charge in [-0.15, -0.1) is 0 Å². The van der Waals surface area contributed by atoms with E-state index in [-0.39, 0.29) is 33.9 Å². The number of aromatic nitrogens is 2. The monoisotopic (exact) mass is 449 g/mol. The predicted octanol–water partition coefficient (Wildman–Crippen LogP) is 3.27. The van der Waals surface area contributed by atoms with Crippen LogP contribution in [-0.2, 0) is 6.18 Å². The van der Waals surface area contributed by atoms with Gasteiger partial charge in [0.05, 0.1) is 16.8 Å². The number of nitrogens with zero attached hydrogens (tertiary/aromatic N) is 2. The van der Waals surface area contributed by atoms with Gasteiger partial charge < -0.3 is 16.8 Å². The van der Waals surface area contributed by atoms with E-state index >= 15 is 0 Å². The number of hydrogen-bond donors (Lipinski definition) is 3. The van der Waals surface area contributed by atoms with Crippen molar-refractivity contribution in [2.75, 3.05) is 18.1 Å². The molecule has 5 N–H and O–H groups in total. The first-order valence-electron chi connectivity index (χ1n) is 9.33. The van der Waals surface area contributed by atoms with E-state index in [0.717, 1.165) is 18.2 Å². The van der Waals surface area contributed by atoms with Crippen LogP contribution < -0.4 is 22.3 Å². The molecule has 1 amide bonds. The van der Waals surface area contributed by atoms with Crippen molar-refractivity contribution in [3.05, 3.63) is 81.0 Å². The number of anilines is 2. The minimum Gasteiger partial charge on any atom is -0.399 e. The second kappa shape index (κ2) is 8.33. The molecule has 0 bridgehead atoms. The van der Waals surface area contributed by atoms with Gasteiger partial charge in [-0.1, -0.05) is 19.1 Å². The van der Waals surface area contributed by atoms with Crippen LogP contribution >= 0.6 is 0 Å². The van der Waals surface area contributed by atoms with Crippen molar-refractivity contribution in [3.8, 4) is 5.69 Å². The molecule has 11 heteroatoms. The summed E-state index contributed by atoms with van der Waals surface area (Å²) in [6.45, 7) is 1.46. The lowest BCUT2D eigenvalue weighted by atomic mass is 9.90. The molecule has 3 rings (SSSR count). The van der Waals surface area contributed by atoms with Crippen LogP contribution in [0.15, 0.2) is 47.3 Å². The molecule has 0 aliphatic heterocycles. The minimum absolute atomic E-state index is 0.0626. The highest BCUT2D eigenvalue weighted by atomic mass is 19.4. The highest BCUT2D eigenvalue weighted by molar-refractivity contribution is 5.97. The van der Waals surface area contributed by atoms with E-state index in [1.54, 1.807) is 0 Å². The lowest BCUT2D eigenvalue weighted by molar-refractivity contribution is -0.137. The van der Waals surface area contributed by atoms with Crippen molar-refractivity contribution in [1.82, 2.24) is 9.78 Å². The molecule has 0 radical (unpaired) electrons. The number of primary amides is 1. The van der Waals surface area contributed by atoms with E-state index < -0.39 is 34.9 Å². The van der Waals surface area contributed by atoms with E-state index in [2.05, 4.69) is 10.4 Å². The van der Waals surface area contributed by atoms with E-state index in [1.165, 1.54) is 38.2 Å². The average molecular weight is 449 g/mol. The summed E-state index contributed by atoms with van der Waals surface area (Å²) in [6, 6.07) is 8.14. The molecular formula is C21H19F4N5O2. The van der Waals surface area contributed by atoms with Crippen LogP contribution in [0, 0.1) is 5.82 Å². The number of carbonyl (C=O) groups excluding carboxylic acids is 1. The first-order chi connectivity index (χ1) is 15.0. The number of para-hydroxylation sites is 1. The van der Waals surface area contributed by atoms with Crippen LogP contribution in [0.3, 0.4) is 0 Å². The van der Waals surface area contributed by atoms with E-state index in [0.29, 0.717) is 4.68 Å². The van der Waals surface area contributed by atoms with Crippen molar-refractivity contribution in [3.63, 3.8) is 0 Å². The Morgan fingerprint density at radius 3 is 2.41 bits per heavy atom. The molecule has 1 heterocycles. The molecule has 0 spiro atoms. The van der Waals surface area contributed by atoms with Crippen LogP contribution in [0.25, 0.3) is 5.69 Å². The van der Waals surface area contributed by atoms with Crippen molar-refractivity contribution in [1.29, 1.82) is 0 Å². The standard InChI is InChI=1S/C21H19F4N5O2/c1-10(11-7-12(21(23,24)25)9-13(26)8-11)16-17(28-2)18(19(27)31)29-30(20(16)32)15-6-4-3-5-14(15)22/h3-10,28H,26H2,1-2H3,(H2,27,31)/t10-/m1/s1. The molecule has 0 aliphatic carbocycles. The maximum atomic E-state index is 14.4. The van der Waals surface area contributed by atoms with Crippen molar-refractivity contribution < 1.29 is 22.4 Å². The van der Waals surface area contributed by atoms with Gasteiger partial charge in [-0.25, -0.2) is 4.39 Å². The molecule has 7 nitrogen and oxygen atoms in total. The minimum atomic E-state index is -4.67. The fourth-order valence-corrected chi connectivity index (χ4v) is 3.41. The van der Waals surface area contributed by atoms with Gasteiger partial charge in [0.1, 0.15) is 11.5 Å². The largest absolute Gasteiger partial charge is 0.416 e. The van der Waals surface area contributed by atoms with Crippen LogP contribution in [0.4, 0.5) is 28.9 Å². The van der Waals surface area contributed by atoms with Gasteiger partial charge >= 0.3 is 6.18 Å².